The summed E-state index contributed by atoms with van der Waals surface area (Å²) in [5.41, 5.74) is 0.573. The fourth-order valence-electron chi connectivity index (χ4n) is 2.65. The maximum atomic E-state index is 12.7. The van der Waals surface area contributed by atoms with Gasteiger partial charge in [-0.2, -0.15) is 8.42 Å². The number of para-hydroxylation sites is 1. The lowest BCUT2D eigenvalue weighted by Gasteiger charge is -2.14. The highest BCUT2D eigenvalue weighted by Gasteiger charge is 2.24. The third-order valence-corrected chi connectivity index (χ3v) is 6.69. The number of benzene rings is 3. The van der Waals surface area contributed by atoms with Gasteiger partial charge in [0.25, 0.3) is 20.0 Å². The number of sulfonamides is 2. The standard InChI is InChI=1S/C19H15N3O5S2/c23-28(24,17-10-11-18-19(12-17)29(25,26)21-13-20-18)22-14-6-8-16(9-7-14)27-15-4-2-1-3-5-15/h1-13,22H,(H,20,21). The zero-order valence-corrected chi connectivity index (χ0v) is 16.4. The summed E-state index contributed by atoms with van der Waals surface area (Å²) in [4.78, 5) is -0.391. The van der Waals surface area contributed by atoms with Crippen molar-refractivity contribution in [2.24, 2.45) is 4.40 Å². The molecule has 0 amide bonds. The van der Waals surface area contributed by atoms with E-state index in [0.29, 0.717) is 17.2 Å². The van der Waals surface area contributed by atoms with Gasteiger partial charge in [-0.15, -0.1) is 4.40 Å². The molecule has 1 aliphatic heterocycles. The monoisotopic (exact) mass is 429 g/mol. The topological polar surface area (TPSA) is 114 Å². The summed E-state index contributed by atoms with van der Waals surface area (Å²) in [6.07, 6.45) is 1.04. The molecule has 0 spiro atoms. The number of hydrogen-bond acceptors (Lipinski definition) is 6. The Labute approximate surface area is 168 Å². The Bertz CT molecular complexity index is 1290. The van der Waals surface area contributed by atoms with Crippen molar-refractivity contribution in [1.29, 1.82) is 0 Å². The lowest BCUT2D eigenvalue weighted by atomic mass is 10.3. The minimum Gasteiger partial charge on any atom is -0.457 e. The van der Waals surface area contributed by atoms with E-state index in [1.165, 1.54) is 12.1 Å². The van der Waals surface area contributed by atoms with Gasteiger partial charge in [0.1, 0.15) is 22.7 Å². The maximum Gasteiger partial charge on any atom is 0.285 e. The average Bonchev–Trinajstić information content (AvgIpc) is 2.70. The van der Waals surface area contributed by atoms with Crippen LogP contribution < -0.4 is 14.8 Å². The summed E-state index contributed by atoms with van der Waals surface area (Å²) in [6, 6.07) is 19.3. The largest absolute Gasteiger partial charge is 0.457 e. The lowest BCUT2D eigenvalue weighted by Crippen LogP contribution is -2.16. The molecule has 0 aliphatic carbocycles. The summed E-state index contributed by atoms with van der Waals surface area (Å²) in [7, 11) is -7.94. The van der Waals surface area contributed by atoms with Gasteiger partial charge in [-0.3, -0.25) is 4.72 Å². The number of ether oxygens (including phenoxy) is 1. The van der Waals surface area contributed by atoms with Gasteiger partial charge in [0.05, 0.1) is 10.6 Å². The molecule has 0 radical (unpaired) electrons. The van der Waals surface area contributed by atoms with Crippen LogP contribution in [0.15, 0.2) is 87.0 Å². The summed E-state index contributed by atoms with van der Waals surface area (Å²) >= 11 is 0. The quantitative estimate of drug-likeness (QED) is 0.642. The Balaban J connectivity index is 1.55. The summed E-state index contributed by atoms with van der Waals surface area (Å²) in [5, 5.41) is 2.67. The van der Waals surface area contributed by atoms with Crippen LogP contribution in [0.3, 0.4) is 0 Å². The first kappa shape index (κ1) is 19.0. The van der Waals surface area contributed by atoms with Crippen molar-refractivity contribution in [1.82, 2.24) is 0 Å². The number of nitrogens with one attached hydrogen (secondary N) is 2. The van der Waals surface area contributed by atoms with Crippen molar-refractivity contribution >= 4 is 37.8 Å². The van der Waals surface area contributed by atoms with Crippen molar-refractivity contribution < 1.29 is 21.6 Å². The van der Waals surface area contributed by atoms with E-state index in [1.807, 2.05) is 18.2 Å². The molecule has 3 aromatic carbocycles. The molecule has 3 aromatic rings. The van der Waals surface area contributed by atoms with Crippen LogP contribution in [0, 0.1) is 0 Å². The number of hydrogen-bond donors (Lipinski definition) is 2. The Morgan fingerprint density at radius 2 is 1.59 bits per heavy atom. The SMILES string of the molecule is O=S1(=O)N=CNc2ccc(S(=O)(=O)Nc3ccc(Oc4ccccc4)cc3)cc21. The number of rotatable bonds is 5. The van der Waals surface area contributed by atoms with Gasteiger partial charge in [0, 0.05) is 5.69 Å². The molecule has 0 atom stereocenters. The van der Waals surface area contributed by atoms with Gasteiger partial charge < -0.3 is 10.1 Å². The molecule has 148 valence electrons. The third kappa shape index (κ3) is 4.08. The Morgan fingerprint density at radius 3 is 2.31 bits per heavy atom. The van der Waals surface area contributed by atoms with Gasteiger partial charge in [0.15, 0.2) is 0 Å². The molecule has 0 unspecified atom stereocenters. The van der Waals surface area contributed by atoms with Crippen LogP contribution >= 0.6 is 0 Å². The van der Waals surface area contributed by atoms with Gasteiger partial charge in [-0.1, -0.05) is 18.2 Å². The number of nitrogens with zero attached hydrogens (tertiary/aromatic N) is 1. The van der Waals surface area contributed by atoms with E-state index < -0.39 is 20.0 Å². The molecule has 1 heterocycles. The Morgan fingerprint density at radius 1 is 0.897 bits per heavy atom. The van der Waals surface area contributed by atoms with Crippen molar-refractivity contribution in [2.45, 2.75) is 9.79 Å². The number of anilines is 2. The van der Waals surface area contributed by atoms with Crippen molar-refractivity contribution in [2.75, 3.05) is 10.0 Å². The van der Waals surface area contributed by atoms with E-state index in [-0.39, 0.29) is 15.5 Å². The molecule has 4 rings (SSSR count). The van der Waals surface area contributed by atoms with E-state index in [2.05, 4.69) is 14.4 Å². The zero-order valence-electron chi connectivity index (χ0n) is 14.8. The first-order chi connectivity index (χ1) is 13.8. The summed E-state index contributed by atoms with van der Waals surface area (Å²) in [6.45, 7) is 0. The van der Waals surface area contributed by atoms with Crippen LogP contribution in [0.25, 0.3) is 0 Å². The van der Waals surface area contributed by atoms with Gasteiger partial charge in [-0.25, -0.2) is 8.42 Å². The molecule has 2 N–H and O–H groups in total. The fourth-order valence-corrected chi connectivity index (χ4v) is 4.80. The van der Waals surface area contributed by atoms with E-state index in [0.717, 1.165) is 12.4 Å². The second-order valence-corrected chi connectivity index (χ2v) is 9.34. The molecule has 10 heteroatoms. The van der Waals surface area contributed by atoms with Gasteiger partial charge >= 0.3 is 0 Å². The van der Waals surface area contributed by atoms with Crippen molar-refractivity contribution in [3.63, 3.8) is 0 Å². The number of fused-ring (bicyclic) bond motifs is 1. The van der Waals surface area contributed by atoms with Crippen molar-refractivity contribution in [3.05, 3.63) is 72.8 Å². The minimum absolute atomic E-state index is 0.191. The first-order valence-electron chi connectivity index (χ1n) is 8.39. The molecular formula is C19H15N3O5S2. The highest BCUT2D eigenvalue weighted by atomic mass is 32.2. The molecule has 0 aromatic heterocycles. The molecule has 1 aliphatic rings. The van der Waals surface area contributed by atoms with Gasteiger partial charge in [0.2, 0.25) is 0 Å². The molecule has 8 nitrogen and oxygen atoms in total. The normalized spacial score (nSPS) is 14.5. The molecule has 29 heavy (non-hydrogen) atoms. The molecule has 0 saturated heterocycles. The van der Waals surface area contributed by atoms with E-state index in [1.54, 1.807) is 36.4 Å². The summed E-state index contributed by atoms with van der Waals surface area (Å²) < 4.78 is 60.9. The second kappa shape index (κ2) is 7.22. The van der Waals surface area contributed by atoms with E-state index >= 15 is 0 Å². The predicted octanol–water partition coefficient (Wildman–Crippen LogP) is 3.42. The van der Waals surface area contributed by atoms with Crippen LogP contribution in [0.4, 0.5) is 11.4 Å². The first-order valence-corrected chi connectivity index (χ1v) is 11.3. The molecule has 0 saturated carbocycles. The van der Waals surface area contributed by atoms with E-state index in [9.17, 15) is 16.8 Å². The fraction of sp³-hybridized carbons (Fsp3) is 0. The average molecular weight is 429 g/mol. The Kier molecular flexibility index (Phi) is 4.73. The molecule has 0 fully saturated rings. The van der Waals surface area contributed by atoms with Gasteiger partial charge in [-0.05, 0) is 54.6 Å². The van der Waals surface area contributed by atoms with Crippen LogP contribution in [0.5, 0.6) is 11.5 Å². The minimum atomic E-state index is -4.00. The smallest absolute Gasteiger partial charge is 0.285 e. The van der Waals surface area contributed by atoms with Crippen LogP contribution in [-0.2, 0) is 20.0 Å². The zero-order chi connectivity index (χ0) is 20.5. The van der Waals surface area contributed by atoms with Crippen LogP contribution in [-0.4, -0.2) is 23.2 Å². The Hall–Kier alpha value is -3.37. The molecule has 0 bridgehead atoms. The summed E-state index contributed by atoms with van der Waals surface area (Å²) in [5.74, 6) is 1.20. The van der Waals surface area contributed by atoms with Crippen molar-refractivity contribution in [3.8, 4) is 11.5 Å². The maximum absolute atomic E-state index is 12.7. The van der Waals surface area contributed by atoms with Crippen LogP contribution in [0.2, 0.25) is 0 Å². The molecular weight excluding hydrogens is 414 g/mol. The second-order valence-electron chi connectivity index (χ2n) is 6.06. The highest BCUT2D eigenvalue weighted by molar-refractivity contribution is 7.93. The lowest BCUT2D eigenvalue weighted by molar-refractivity contribution is 0.483. The highest BCUT2D eigenvalue weighted by Crippen LogP contribution is 2.29. The van der Waals surface area contributed by atoms with Crippen LogP contribution in [0.1, 0.15) is 0 Å². The third-order valence-electron chi connectivity index (χ3n) is 4.04. The van der Waals surface area contributed by atoms with E-state index in [4.69, 9.17) is 4.74 Å². The predicted molar refractivity (Wildman–Crippen MR) is 110 cm³/mol.